The first-order chi connectivity index (χ1) is 14.1. The maximum Gasteiger partial charge on any atom is 0.141 e. The van der Waals surface area contributed by atoms with Gasteiger partial charge in [-0.1, -0.05) is 12.1 Å². The molecule has 0 aliphatic heterocycles. The molecule has 0 radical (unpaired) electrons. The Morgan fingerprint density at radius 2 is 1.86 bits per heavy atom. The van der Waals surface area contributed by atoms with Crippen molar-refractivity contribution in [1.82, 2.24) is 19.7 Å². The van der Waals surface area contributed by atoms with Gasteiger partial charge in [-0.15, -0.1) is 0 Å². The lowest BCUT2D eigenvalue weighted by molar-refractivity contribution is 0.620. The van der Waals surface area contributed by atoms with E-state index >= 15 is 0 Å². The van der Waals surface area contributed by atoms with Gasteiger partial charge in [0.25, 0.3) is 0 Å². The van der Waals surface area contributed by atoms with E-state index in [4.69, 9.17) is 0 Å². The van der Waals surface area contributed by atoms with Crippen LogP contribution in [0.5, 0.6) is 0 Å². The molecular formula is C22H15FIN5. The monoisotopic (exact) mass is 495 g/mol. The molecule has 7 heteroatoms. The van der Waals surface area contributed by atoms with Gasteiger partial charge >= 0.3 is 0 Å². The van der Waals surface area contributed by atoms with E-state index in [1.165, 1.54) is 12.1 Å². The minimum Gasteiger partial charge on any atom is -0.340 e. The zero-order valence-electron chi connectivity index (χ0n) is 15.2. The Labute approximate surface area is 179 Å². The third kappa shape index (κ3) is 3.77. The highest BCUT2D eigenvalue weighted by Crippen LogP contribution is 2.26. The average Bonchev–Trinajstić information content (AvgIpc) is 3.10. The lowest BCUT2D eigenvalue weighted by Gasteiger charge is -2.08. The Hall–Kier alpha value is -3.07. The van der Waals surface area contributed by atoms with Crippen molar-refractivity contribution in [2.24, 2.45) is 0 Å². The van der Waals surface area contributed by atoms with E-state index in [1.54, 1.807) is 12.4 Å². The van der Waals surface area contributed by atoms with Crippen LogP contribution in [0.4, 0.5) is 15.9 Å². The van der Waals surface area contributed by atoms with Gasteiger partial charge in [0.05, 0.1) is 17.6 Å². The van der Waals surface area contributed by atoms with Crippen molar-refractivity contribution >= 4 is 55.9 Å². The first-order valence-electron chi connectivity index (χ1n) is 9.03. The molecule has 5 rings (SSSR count). The molecule has 0 atom stereocenters. The van der Waals surface area contributed by atoms with Crippen LogP contribution in [-0.4, -0.2) is 19.7 Å². The van der Waals surface area contributed by atoms with Gasteiger partial charge in [0.1, 0.15) is 18.0 Å². The SMILES string of the molecule is Fc1cccc(Cn2cc3cc(Nc4ncnc5ccc(I)cc45)ccc3n2)c1. The minimum atomic E-state index is -0.238. The normalized spacial score (nSPS) is 11.2. The zero-order valence-corrected chi connectivity index (χ0v) is 17.3. The zero-order chi connectivity index (χ0) is 19.8. The second-order valence-electron chi connectivity index (χ2n) is 6.74. The molecule has 29 heavy (non-hydrogen) atoms. The van der Waals surface area contributed by atoms with Gasteiger partial charge in [0.15, 0.2) is 0 Å². The molecule has 0 fully saturated rings. The Kier molecular flexibility index (Phi) is 4.59. The predicted molar refractivity (Wildman–Crippen MR) is 121 cm³/mol. The van der Waals surface area contributed by atoms with Gasteiger partial charge in [0.2, 0.25) is 0 Å². The van der Waals surface area contributed by atoms with E-state index in [-0.39, 0.29) is 5.82 Å². The lowest BCUT2D eigenvalue weighted by Crippen LogP contribution is -1.99. The van der Waals surface area contributed by atoms with Gasteiger partial charge in [-0.3, -0.25) is 4.68 Å². The summed E-state index contributed by atoms with van der Waals surface area (Å²) in [6, 6.07) is 18.6. The molecule has 5 aromatic rings. The highest BCUT2D eigenvalue weighted by atomic mass is 127. The van der Waals surface area contributed by atoms with Gasteiger partial charge < -0.3 is 5.32 Å². The van der Waals surface area contributed by atoms with Crippen LogP contribution >= 0.6 is 22.6 Å². The van der Waals surface area contributed by atoms with Gasteiger partial charge in [-0.25, -0.2) is 14.4 Å². The molecule has 0 bridgehead atoms. The fourth-order valence-corrected chi connectivity index (χ4v) is 3.81. The molecule has 0 unspecified atom stereocenters. The molecule has 0 aliphatic carbocycles. The van der Waals surface area contributed by atoms with Crippen LogP contribution in [0.2, 0.25) is 0 Å². The summed E-state index contributed by atoms with van der Waals surface area (Å²) in [5.74, 6) is 0.525. The van der Waals surface area contributed by atoms with Gasteiger partial charge in [0, 0.05) is 26.2 Å². The third-order valence-corrected chi connectivity index (χ3v) is 5.32. The van der Waals surface area contributed by atoms with Crippen molar-refractivity contribution in [1.29, 1.82) is 0 Å². The number of benzene rings is 3. The van der Waals surface area contributed by atoms with Crippen molar-refractivity contribution in [3.8, 4) is 0 Å². The molecule has 142 valence electrons. The van der Waals surface area contributed by atoms with Gasteiger partial charge in [-0.05, 0) is 76.7 Å². The largest absolute Gasteiger partial charge is 0.340 e. The molecule has 0 saturated carbocycles. The quantitative estimate of drug-likeness (QED) is 0.334. The van der Waals surface area contributed by atoms with Crippen molar-refractivity contribution in [3.05, 3.63) is 88.1 Å². The van der Waals surface area contributed by atoms with Crippen LogP contribution in [0.25, 0.3) is 21.8 Å². The fraction of sp³-hybridized carbons (Fsp3) is 0.0455. The van der Waals surface area contributed by atoms with E-state index in [2.05, 4.69) is 49.0 Å². The highest BCUT2D eigenvalue weighted by Gasteiger charge is 2.07. The number of anilines is 2. The maximum absolute atomic E-state index is 13.4. The molecule has 0 amide bonds. The molecule has 0 spiro atoms. The summed E-state index contributed by atoms with van der Waals surface area (Å²) >= 11 is 2.28. The minimum absolute atomic E-state index is 0.238. The summed E-state index contributed by atoms with van der Waals surface area (Å²) in [6.07, 6.45) is 3.53. The van der Waals surface area contributed by atoms with Crippen molar-refractivity contribution in [2.45, 2.75) is 6.54 Å². The smallest absolute Gasteiger partial charge is 0.141 e. The first kappa shape index (κ1) is 18.0. The Bertz CT molecular complexity index is 1350. The number of nitrogens with zero attached hydrogens (tertiary/aromatic N) is 4. The molecule has 0 saturated heterocycles. The average molecular weight is 495 g/mol. The van der Waals surface area contributed by atoms with Crippen LogP contribution < -0.4 is 5.32 Å². The Balaban J connectivity index is 1.45. The maximum atomic E-state index is 13.4. The molecule has 2 heterocycles. The molecule has 0 aliphatic rings. The summed E-state index contributed by atoms with van der Waals surface area (Å²) in [4.78, 5) is 8.74. The lowest BCUT2D eigenvalue weighted by atomic mass is 10.2. The summed E-state index contributed by atoms with van der Waals surface area (Å²) in [5.41, 5.74) is 3.57. The van der Waals surface area contributed by atoms with E-state index in [9.17, 15) is 4.39 Å². The molecule has 3 aromatic carbocycles. The third-order valence-electron chi connectivity index (χ3n) is 4.65. The number of rotatable bonds is 4. The van der Waals surface area contributed by atoms with Crippen LogP contribution in [0, 0.1) is 9.39 Å². The Morgan fingerprint density at radius 1 is 0.966 bits per heavy atom. The first-order valence-corrected chi connectivity index (χ1v) is 10.1. The highest BCUT2D eigenvalue weighted by molar-refractivity contribution is 14.1. The van der Waals surface area contributed by atoms with Crippen molar-refractivity contribution in [2.75, 3.05) is 5.32 Å². The fourth-order valence-electron chi connectivity index (χ4n) is 3.32. The summed E-state index contributed by atoms with van der Waals surface area (Å²) in [5, 5.41) is 9.95. The number of fused-ring (bicyclic) bond motifs is 2. The van der Waals surface area contributed by atoms with Gasteiger partial charge in [-0.2, -0.15) is 5.10 Å². The van der Waals surface area contributed by atoms with E-state index in [0.29, 0.717) is 6.54 Å². The van der Waals surface area contributed by atoms with Crippen molar-refractivity contribution in [3.63, 3.8) is 0 Å². The van der Waals surface area contributed by atoms with E-state index in [0.717, 1.165) is 42.4 Å². The van der Waals surface area contributed by atoms with Crippen molar-refractivity contribution < 1.29 is 4.39 Å². The molecule has 1 N–H and O–H groups in total. The predicted octanol–water partition coefficient (Wildman–Crippen LogP) is 5.52. The number of aromatic nitrogens is 4. The molecular weight excluding hydrogens is 480 g/mol. The molecule has 5 nitrogen and oxygen atoms in total. The number of hydrogen-bond donors (Lipinski definition) is 1. The molecule has 2 aromatic heterocycles. The number of hydrogen-bond acceptors (Lipinski definition) is 4. The van der Waals surface area contributed by atoms with Crippen LogP contribution in [0.3, 0.4) is 0 Å². The number of halogens is 2. The number of nitrogens with one attached hydrogen (secondary N) is 1. The second-order valence-corrected chi connectivity index (χ2v) is 7.98. The Morgan fingerprint density at radius 3 is 2.76 bits per heavy atom. The van der Waals surface area contributed by atoms with E-state index in [1.807, 2.05) is 47.3 Å². The summed E-state index contributed by atoms with van der Waals surface area (Å²) in [6.45, 7) is 0.518. The topological polar surface area (TPSA) is 55.6 Å². The summed E-state index contributed by atoms with van der Waals surface area (Å²) < 4.78 is 16.4. The summed E-state index contributed by atoms with van der Waals surface area (Å²) in [7, 11) is 0. The van der Waals surface area contributed by atoms with E-state index < -0.39 is 0 Å². The van der Waals surface area contributed by atoms with Crippen LogP contribution in [-0.2, 0) is 6.54 Å². The standard InChI is InChI=1S/C22H15FIN5/c23-16-3-1-2-14(8-16)11-29-12-15-9-18(5-7-20(15)28-29)27-22-19-10-17(24)4-6-21(19)25-13-26-22/h1-10,12-13H,11H2,(H,25,26,27). The van der Waals surface area contributed by atoms with Crippen LogP contribution in [0.1, 0.15) is 5.56 Å². The van der Waals surface area contributed by atoms with Crippen LogP contribution in [0.15, 0.2) is 73.2 Å². The second kappa shape index (κ2) is 7.40.